The van der Waals surface area contributed by atoms with Crippen molar-refractivity contribution in [2.24, 2.45) is 5.92 Å². The van der Waals surface area contributed by atoms with Crippen molar-refractivity contribution < 1.29 is 33.6 Å². The zero-order valence-electron chi connectivity index (χ0n) is 11.9. The summed E-state index contributed by atoms with van der Waals surface area (Å²) < 4.78 is 20.5. The number of rotatable bonds is 5. The highest BCUT2D eigenvalue weighted by Gasteiger charge is 2.43. The maximum absolute atomic E-state index is 11.5. The van der Waals surface area contributed by atoms with E-state index in [4.69, 9.17) is 18.9 Å². The van der Waals surface area contributed by atoms with E-state index in [0.717, 1.165) is 0 Å². The highest BCUT2D eigenvalue weighted by molar-refractivity contribution is 5.96. The van der Waals surface area contributed by atoms with Crippen molar-refractivity contribution in [3.8, 4) is 17.2 Å². The molecule has 114 valence electrons. The van der Waals surface area contributed by atoms with E-state index < -0.39 is 23.8 Å². The lowest BCUT2D eigenvalue weighted by atomic mass is 9.88. The Morgan fingerprint density at radius 3 is 2.19 bits per heavy atom. The Hall–Kier alpha value is -2.44. The summed E-state index contributed by atoms with van der Waals surface area (Å²) >= 11 is 0. The standard InChI is InChI=1S/C14H16O7/c1-18-9-4-7(5-10(19-2)12(9)20-3)8-6-21-14(17)11(8)13(15)16/h4-5,8,11H,6H2,1-3H3,(H,15,16). The Morgan fingerprint density at radius 2 is 1.76 bits per heavy atom. The van der Waals surface area contributed by atoms with Crippen molar-refractivity contribution in [2.75, 3.05) is 27.9 Å². The SMILES string of the molecule is COc1cc(C2COC(=O)C2C(=O)O)cc(OC)c1OC. The topological polar surface area (TPSA) is 91.3 Å². The van der Waals surface area contributed by atoms with Crippen molar-refractivity contribution in [3.63, 3.8) is 0 Å². The lowest BCUT2D eigenvalue weighted by Gasteiger charge is -2.17. The first kappa shape index (κ1) is 15.0. The van der Waals surface area contributed by atoms with Gasteiger partial charge < -0.3 is 24.1 Å². The Morgan fingerprint density at radius 1 is 1.19 bits per heavy atom. The van der Waals surface area contributed by atoms with Crippen LogP contribution < -0.4 is 14.2 Å². The molecule has 2 unspecified atom stereocenters. The molecule has 7 heteroatoms. The fraction of sp³-hybridized carbons (Fsp3) is 0.429. The van der Waals surface area contributed by atoms with Crippen LogP contribution in [-0.4, -0.2) is 45.0 Å². The molecule has 0 bridgehead atoms. The second-order valence-corrected chi connectivity index (χ2v) is 4.51. The van der Waals surface area contributed by atoms with Crippen LogP contribution in [0.1, 0.15) is 11.5 Å². The molecule has 1 aliphatic rings. The zero-order chi connectivity index (χ0) is 15.6. The maximum Gasteiger partial charge on any atom is 0.321 e. The van der Waals surface area contributed by atoms with Gasteiger partial charge in [-0.25, -0.2) is 0 Å². The molecular formula is C14H16O7. The molecule has 7 nitrogen and oxygen atoms in total. The summed E-state index contributed by atoms with van der Waals surface area (Å²) in [4.78, 5) is 22.8. The van der Waals surface area contributed by atoms with Gasteiger partial charge in [-0.05, 0) is 17.7 Å². The van der Waals surface area contributed by atoms with Gasteiger partial charge in [-0.2, -0.15) is 0 Å². The molecule has 1 heterocycles. The van der Waals surface area contributed by atoms with E-state index >= 15 is 0 Å². The fourth-order valence-electron chi connectivity index (χ4n) is 2.40. The third-order valence-corrected chi connectivity index (χ3v) is 3.44. The molecule has 2 rings (SSSR count). The number of carbonyl (C=O) groups is 2. The minimum Gasteiger partial charge on any atom is -0.493 e. The molecule has 1 saturated heterocycles. The third kappa shape index (κ3) is 2.58. The highest BCUT2D eigenvalue weighted by atomic mass is 16.5. The first-order chi connectivity index (χ1) is 10.0. The average molecular weight is 296 g/mol. The molecule has 0 saturated carbocycles. The van der Waals surface area contributed by atoms with Crippen LogP contribution in [0, 0.1) is 5.92 Å². The molecule has 1 fully saturated rings. The summed E-state index contributed by atoms with van der Waals surface area (Å²) in [7, 11) is 4.40. The molecule has 0 aromatic heterocycles. The fourth-order valence-corrected chi connectivity index (χ4v) is 2.40. The Balaban J connectivity index is 2.49. The van der Waals surface area contributed by atoms with E-state index in [1.807, 2.05) is 0 Å². The number of ether oxygens (including phenoxy) is 4. The number of esters is 1. The Labute approximate surface area is 121 Å². The lowest BCUT2D eigenvalue weighted by molar-refractivity contribution is -0.152. The third-order valence-electron chi connectivity index (χ3n) is 3.44. The van der Waals surface area contributed by atoms with Crippen molar-refractivity contribution in [2.45, 2.75) is 5.92 Å². The van der Waals surface area contributed by atoms with Gasteiger partial charge in [0.05, 0.1) is 27.9 Å². The molecule has 1 aromatic carbocycles. The number of benzene rings is 1. The van der Waals surface area contributed by atoms with Crippen LogP contribution in [0.15, 0.2) is 12.1 Å². The molecule has 0 spiro atoms. The van der Waals surface area contributed by atoms with Gasteiger partial charge in [0, 0.05) is 5.92 Å². The first-order valence-electron chi connectivity index (χ1n) is 6.22. The molecule has 2 atom stereocenters. The zero-order valence-corrected chi connectivity index (χ0v) is 11.9. The van der Waals surface area contributed by atoms with Crippen LogP contribution in [0.4, 0.5) is 0 Å². The van der Waals surface area contributed by atoms with E-state index in [1.165, 1.54) is 21.3 Å². The smallest absolute Gasteiger partial charge is 0.321 e. The normalized spacial score (nSPS) is 20.8. The number of cyclic esters (lactones) is 1. The first-order valence-corrected chi connectivity index (χ1v) is 6.22. The summed E-state index contributed by atoms with van der Waals surface area (Å²) in [5, 5.41) is 9.18. The van der Waals surface area contributed by atoms with Crippen LogP contribution in [0.5, 0.6) is 17.2 Å². The van der Waals surface area contributed by atoms with Crippen molar-refractivity contribution in [1.82, 2.24) is 0 Å². The maximum atomic E-state index is 11.5. The van der Waals surface area contributed by atoms with Crippen molar-refractivity contribution >= 4 is 11.9 Å². The van der Waals surface area contributed by atoms with Crippen molar-refractivity contribution in [1.29, 1.82) is 0 Å². The number of carboxylic acids is 1. The van der Waals surface area contributed by atoms with Crippen LogP contribution in [0.2, 0.25) is 0 Å². The summed E-state index contributed by atoms with van der Waals surface area (Å²) in [6, 6.07) is 3.26. The second kappa shape index (κ2) is 5.90. The van der Waals surface area contributed by atoms with Gasteiger partial charge in [0.15, 0.2) is 17.4 Å². The number of carbonyl (C=O) groups excluding carboxylic acids is 1. The molecule has 21 heavy (non-hydrogen) atoms. The molecule has 0 radical (unpaired) electrons. The number of carboxylic acid groups (broad SMARTS) is 1. The largest absolute Gasteiger partial charge is 0.493 e. The second-order valence-electron chi connectivity index (χ2n) is 4.51. The van der Waals surface area contributed by atoms with E-state index in [-0.39, 0.29) is 6.61 Å². The lowest BCUT2D eigenvalue weighted by Crippen LogP contribution is -2.24. The summed E-state index contributed by atoms with van der Waals surface area (Å²) in [6.07, 6.45) is 0. The van der Waals surface area contributed by atoms with Crippen LogP contribution in [0.25, 0.3) is 0 Å². The quantitative estimate of drug-likeness (QED) is 0.641. The summed E-state index contributed by atoms with van der Waals surface area (Å²) in [5.41, 5.74) is 0.586. The predicted molar refractivity (Wildman–Crippen MR) is 70.9 cm³/mol. The predicted octanol–water partition coefficient (Wildman–Crippen LogP) is 1.05. The monoisotopic (exact) mass is 296 g/mol. The van der Waals surface area contributed by atoms with Gasteiger partial charge in [-0.1, -0.05) is 0 Å². The molecular weight excluding hydrogens is 280 g/mol. The number of hydrogen-bond acceptors (Lipinski definition) is 6. The molecule has 0 aliphatic carbocycles. The molecule has 1 aromatic rings. The summed E-state index contributed by atoms with van der Waals surface area (Å²) in [5.74, 6) is -2.57. The Kier molecular flexibility index (Phi) is 4.21. The van der Waals surface area contributed by atoms with Gasteiger partial charge in [0.2, 0.25) is 5.75 Å². The average Bonchev–Trinajstić information content (AvgIpc) is 2.87. The minimum absolute atomic E-state index is 0.00837. The van der Waals surface area contributed by atoms with Gasteiger partial charge in [0.25, 0.3) is 0 Å². The number of methoxy groups -OCH3 is 3. The molecule has 0 amide bonds. The number of aliphatic carboxylic acids is 1. The van der Waals surface area contributed by atoms with Crippen LogP contribution in [-0.2, 0) is 14.3 Å². The van der Waals surface area contributed by atoms with Gasteiger partial charge in [-0.15, -0.1) is 0 Å². The highest BCUT2D eigenvalue weighted by Crippen LogP contribution is 2.42. The van der Waals surface area contributed by atoms with E-state index in [0.29, 0.717) is 22.8 Å². The Bertz CT molecular complexity index is 541. The minimum atomic E-state index is -1.23. The van der Waals surface area contributed by atoms with Crippen LogP contribution >= 0.6 is 0 Å². The van der Waals surface area contributed by atoms with Gasteiger partial charge >= 0.3 is 11.9 Å². The van der Waals surface area contributed by atoms with Gasteiger partial charge in [0.1, 0.15) is 0 Å². The number of hydrogen-bond donors (Lipinski definition) is 1. The van der Waals surface area contributed by atoms with E-state index in [9.17, 15) is 14.7 Å². The van der Waals surface area contributed by atoms with E-state index in [1.54, 1.807) is 12.1 Å². The summed E-state index contributed by atoms with van der Waals surface area (Å²) in [6.45, 7) is 0.00837. The molecule has 1 aliphatic heterocycles. The van der Waals surface area contributed by atoms with Crippen LogP contribution in [0.3, 0.4) is 0 Å². The van der Waals surface area contributed by atoms with E-state index in [2.05, 4.69) is 0 Å². The molecule has 1 N–H and O–H groups in total. The van der Waals surface area contributed by atoms with Gasteiger partial charge in [-0.3, -0.25) is 9.59 Å². The van der Waals surface area contributed by atoms with Crippen molar-refractivity contribution in [3.05, 3.63) is 17.7 Å².